The van der Waals surface area contributed by atoms with Crippen molar-refractivity contribution in [2.24, 2.45) is 11.7 Å². The number of thiophene rings is 1. The molecule has 0 radical (unpaired) electrons. The molecule has 2 rings (SSSR count). The molecule has 0 fully saturated rings. The second-order valence-electron chi connectivity index (χ2n) is 7.54. The molecule has 0 aromatic carbocycles. The summed E-state index contributed by atoms with van der Waals surface area (Å²) in [5, 5.41) is 3.65. The van der Waals surface area contributed by atoms with E-state index in [0.29, 0.717) is 22.9 Å². The van der Waals surface area contributed by atoms with Crippen molar-refractivity contribution in [3.63, 3.8) is 0 Å². The Labute approximate surface area is 161 Å². The van der Waals surface area contributed by atoms with Crippen LogP contribution in [0.25, 0.3) is 0 Å². The summed E-state index contributed by atoms with van der Waals surface area (Å²) in [4.78, 5) is 25.5. The molecule has 2 amide bonds. The fourth-order valence-corrected chi connectivity index (χ4v) is 5.30. The lowest BCUT2D eigenvalue weighted by Crippen LogP contribution is -2.19. The van der Waals surface area contributed by atoms with Crippen LogP contribution in [0.5, 0.6) is 0 Å². The quantitative estimate of drug-likeness (QED) is 0.503. The van der Waals surface area contributed by atoms with Crippen LogP contribution >= 0.6 is 11.3 Å². The molecule has 1 aromatic rings. The van der Waals surface area contributed by atoms with Gasteiger partial charge in [-0.2, -0.15) is 0 Å². The van der Waals surface area contributed by atoms with Gasteiger partial charge in [0.15, 0.2) is 0 Å². The highest BCUT2D eigenvalue weighted by atomic mass is 32.1. The summed E-state index contributed by atoms with van der Waals surface area (Å²) in [6.45, 7) is 4.42. The highest BCUT2D eigenvalue weighted by Gasteiger charge is 2.28. The molecule has 5 heteroatoms. The van der Waals surface area contributed by atoms with Crippen LogP contribution in [-0.4, -0.2) is 11.8 Å². The van der Waals surface area contributed by atoms with E-state index in [1.54, 1.807) is 11.3 Å². The topological polar surface area (TPSA) is 72.2 Å². The Balaban J connectivity index is 1.94. The Kier molecular flexibility index (Phi) is 8.63. The van der Waals surface area contributed by atoms with E-state index in [0.717, 1.165) is 37.7 Å². The maximum Gasteiger partial charge on any atom is 0.251 e. The van der Waals surface area contributed by atoms with Crippen LogP contribution in [-0.2, 0) is 17.6 Å². The van der Waals surface area contributed by atoms with Gasteiger partial charge in [0, 0.05) is 11.3 Å². The molecule has 1 heterocycles. The standard InChI is InChI=1S/C21H34N2O2S/c1-3-5-6-7-8-9-11-18(24)23-21-19(20(22)25)16-13-12-15(10-4-2)14-17(16)26-21/h15H,3-14H2,1-2H3,(H2,22,25)(H,23,24). The monoisotopic (exact) mass is 378 g/mol. The molecule has 1 unspecified atom stereocenters. The van der Waals surface area contributed by atoms with Gasteiger partial charge in [0.05, 0.1) is 5.56 Å². The number of nitrogens with two attached hydrogens (primary N) is 1. The molecule has 4 nitrogen and oxygen atoms in total. The molecule has 0 saturated heterocycles. The zero-order chi connectivity index (χ0) is 18.9. The predicted molar refractivity (Wildman–Crippen MR) is 110 cm³/mol. The van der Waals surface area contributed by atoms with Crippen LogP contribution in [0.4, 0.5) is 5.00 Å². The Bertz CT molecular complexity index is 609. The summed E-state index contributed by atoms with van der Waals surface area (Å²) in [6, 6.07) is 0. The van der Waals surface area contributed by atoms with E-state index in [1.165, 1.54) is 43.4 Å². The number of fused-ring (bicyclic) bond motifs is 1. The molecule has 3 N–H and O–H groups in total. The fraction of sp³-hybridized carbons (Fsp3) is 0.714. The predicted octanol–water partition coefficient (Wildman–Crippen LogP) is 5.44. The number of primary amides is 1. The molecule has 26 heavy (non-hydrogen) atoms. The van der Waals surface area contributed by atoms with Gasteiger partial charge < -0.3 is 11.1 Å². The summed E-state index contributed by atoms with van der Waals surface area (Å²) < 4.78 is 0. The zero-order valence-electron chi connectivity index (χ0n) is 16.4. The van der Waals surface area contributed by atoms with Gasteiger partial charge in [-0.15, -0.1) is 11.3 Å². The van der Waals surface area contributed by atoms with Crippen molar-refractivity contribution in [2.75, 3.05) is 5.32 Å². The van der Waals surface area contributed by atoms with E-state index in [9.17, 15) is 9.59 Å². The van der Waals surface area contributed by atoms with Crippen molar-refractivity contribution in [3.8, 4) is 0 Å². The fourth-order valence-electron chi connectivity index (χ4n) is 3.91. The summed E-state index contributed by atoms with van der Waals surface area (Å²) in [5.74, 6) is 0.288. The van der Waals surface area contributed by atoms with Crippen LogP contribution in [0.2, 0.25) is 0 Å². The van der Waals surface area contributed by atoms with Gasteiger partial charge in [0.1, 0.15) is 5.00 Å². The molecule has 146 valence electrons. The second kappa shape index (κ2) is 10.7. The molecule has 1 aromatic heterocycles. The summed E-state index contributed by atoms with van der Waals surface area (Å²) in [6.07, 6.45) is 12.9. The Hall–Kier alpha value is -1.36. The first-order chi connectivity index (χ1) is 12.6. The molecular formula is C21H34N2O2S. The van der Waals surface area contributed by atoms with Crippen LogP contribution in [0, 0.1) is 5.92 Å². The van der Waals surface area contributed by atoms with Crippen molar-refractivity contribution >= 4 is 28.2 Å². The van der Waals surface area contributed by atoms with Crippen molar-refractivity contribution in [3.05, 3.63) is 16.0 Å². The van der Waals surface area contributed by atoms with E-state index in [-0.39, 0.29) is 5.91 Å². The highest BCUT2D eigenvalue weighted by Crippen LogP contribution is 2.40. The number of carbonyl (C=O) groups excluding carboxylic acids is 2. The summed E-state index contributed by atoms with van der Waals surface area (Å²) >= 11 is 1.57. The number of hydrogen-bond acceptors (Lipinski definition) is 3. The van der Waals surface area contributed by atoms with Crippen LogP contribution in [0.1, 0.15) is 98.9 Å². The number of nitrogens with one attached hydrogen (secondary N) is 1. The minimum absolute atomic E-state index is 0.00620. The number of hydrogen-bond donors (Lipinski definition) is 2. The van der Waals surface area contributed by atoms with Gasteiger partial charge in [-0.05, 0) is 37.2 Å². The number of rotatable bonds is 11. The molecule has 0 aliphatic heterocycles. The van der Waals surface area contributed by atoms with Crippen molar-refractivity contribution in [1.82, 2.24) is 0 Å². The number of carbonyl (C=O) groups is 2. The summed E-state index contributed by atoms with van der Waals surface area (Å²) in [7, 11) is 0. The van der Waals surface area contributed by atoms with E-state index in [2.05, 4.69) is 19.2 Å². The number of amides is 2. The van der Waals surface area contributed by atoms with Gasteiger partial charge in [0.2, 0.25) is 5.91 Å². The van der Waals surface area contributed by atoms with E-state index in [4.69, 9.17) is 5.73 Å². The highest BCUT2D eigenvalue weighted by molar-refractivity contribution is 7.17. The van der Waals surface area contributed by atoms with Gasteiger partial charge in [-0.3, -0.25) is 9.59 Å². The Morgan fingerprint density at radius 3 is 2.54 bits per heavy atom. The Morgan fingerprint density at radius 1 is 1.12 bits per heavy atom. The maximum absolute atomic E-state index is 12.3. The first-order valence-electron chi connectivity index (χ1n) is 10.3. The number of anilines is 1. The lowest BCUT2D eigenvalue weighted by Gasteiger charge is -2.21. The average molecular weight is 379 g/mol. The van der Waals surface area contributed by atoms with Crippen molar-refractivity contribution < 1.29 is 9.59 Å². The van der Waals surface area contributed by atoms with Gasteiger partial charge in [-0.1, -0.05) is 58.8 Å². The first kappa shape index (κ1) is 20.9. The molecule has 1 aliphatic rings. The number of unbranched alkanes of at least 4 members (excludes halogenated alkanes) is 5. The minimum atomic E-state index is -0.411. The van der Waals surface area contributed by atoms with E-state index < -0.39 is 5.91 Å². The normalized spacial score (nSPS) is 16.3. The molecule has 0 spiro atoms. The molecule has 0 bridgehead atoms. The maximum atomic E-state index is 12.3. The Morgan fingerprint density at radius 2 is 1.85 bits per heavy atom. The molecule has 1 atom stereocenters. The minimum Gasteiger partial charge on any atom is -0.365 e. The third kappa shape index (κ3) is 5.83. The summed E-state index contributed by atoms with van der Waals surface area (Å²) in [5.41, 5.74) is 7.29. The molecule has 1 aliphatic carbocycles. The van der Waals surface area contributed by atoms with E-state index >= 15 is 0 Å². The molecular weight excluding hydrogens is 344 g/mol. The average Bonchev–Trinajstić information content (AvgIpc) is 2.95. The lowest BCUT2D eigenvalue weighted by molar-refractivity contribution is -0.116. The largest absolute Gasteiger partial charge is 0.365 e. The van der Waals surface area contributed by atoms with Crippen molar-refractivity contribution in [2.45, 2.75) is 90.9 Å². The zero-order valence-corrected chi connectivity index (χ0v) is 17.2. The molecule has 0 saturated carbocycles. The van der Waals surface area contributed by atoms with Crippen LogP contribution < -0.4 is 11.1 Å². The van der Waals surface area contributed by atoms with Crippen molar-refractivity contribution in [1.29, 1.82) is 0 Å². The SMILES string of the molecule is CCCCCCCCC(=O)Nc1sc2c(c1C(N)=O)CCC(CCC)C2. The second-order valence-corrected chi connectivity index (χ2v) is 8.64. The van der Waals surface area contributed by atoms with Gasteiger partial charge >= 0.3 is 0 Å². The smallest absolute Gasteiger partial charge is 0.251 e. The van der Waals surface area contributed by atoms with Crippen LogP contribution in [0.3, 0.4) is 0 Å². The van der Waals surface area contributed by atoms with Gasteiger partial charge in [0.25, 0.3) is 5.91 Å². The van der Waals surface area contributed by atoms with Gasteiger partial charge in [-0.25, -0.2) is 0 Å². The van der Waals surface area contributed by atoms with Crippen LogP contribution in [0.15, 0.2) is 0 Å². The third-order valence-electron chi connectivity index (χ3n) is 5.32. The lowest BCUT2D eigenvalue weighted by atomic mass is 9.84. The van der Waals surface area contributed by atoms with E-state index in [1.807, 2.05) is 0 Å². The third-order valence-corrected chi connectivity index (χ3v) is 6.49. The first-order valence-corrected chi connectivity index (χ1v) is 11.1.